The third-order valence-electron chi connectivity index (χ3n) is 3.31. The molecule has 5 nitrogen and oxygen atoms in total. The van der Waals surface area contributed by atoms with Gasteiger partial charge in [0.1, 0.15) is 16.6 Å². The Labute approximate surface area is 127 Å². The van der Waals surface area contributed by atoms with Crippen molar-refractivity contribution in [2.75, 3.05) is 5.75 Å². The first-order valence-corrected chi connectivity index (χ1v) is 7.91. The van der Waals surface area contributed by atoms with Crippen molar-refractivity contribution in [3.05, 3.63) is 40.7 Å². The zero-order valence-electron chi connectivity index (χ0n) is 10.7. The molecule has 108 valence electrons. The SMILES string of the molecule is N#CCS(=O)c1nc2n(n1)[C@H](c1ccccc1Cl)C[C@@H]2F. The normalized spacial score (nSPS) is 21.8. The topological polar surface area (TPSA) is 71.6 Å². The quantitative estimate of drug-likeness (QED) is 0.870. The summed E-state index contributed by atoms with van der Waals surface area (Å²) >= 11 is 6.15. The molecule has 1 aromatic heterocycles. The summed E-state index contributed by atoms with van der Waals surface area (Å²) < 4.78 is 27.3. The monoisotopic (exact) mass is 324 g/mol. The van der Waals surface area contributed by atoms with Crippen LogP contribution >= 0.6 is 11.6 Å². The van der Waals surface area contributed by atoms with Crippen LogP contribution in [0.1, 0.15) is 30.0 Å². The van der Waals surface area contributed by atoms with Crippen molar-refractivity contribution in [2.45, 2.75) is 23.8 Å². The van der Waals surface area contributed by atoms with Crippen LogP contribution in [0, 0.1) is 11.3 Å². The van der Waals surface area contributed by atoms with Gasteiger partial charge in [0.2, 0.25) is 5.16 Å². The average Bonchev–Trinajstić information content (AvgIpc) is 3.01. The fraction of sp³-hybridized carbons (Fsp3) is 0.308. The van der Waals surface area contributed by atoms with E-state index in [-0.39, 0.29) is 29.2 Å². The molecule has 2 aromatic rings. The number of rotatable bonds is 3. The fourth-order valence-corrected chi connectivity index (χ4v) is 3.27. The zero-order chi connectivity index (χ0) is 15.0. The number of hydrogen-bond donors (Lipinski definition) is 0. The van der Waals surface area contributed by atoms with Crippen LogP contribution in [0.5, 0.6) is 0 Å². The van der Waals surface area contributed by atoms with Gasteiger partial charge in [-0.25, -0.2) is 18.3 Å². The standard InChI is InChI=1S/C13H10ClFN4OS/c14-9-4-2-1-3-8(9)11-7-10(15)12-17-13(18-19(11)12)21(20)6-5-16/h1-4,10-11H,6-7H2/t10-,11-,21?/m0/s1. The minimum absolute atomic E-state index is 0.00838. The van der Waals surface area contributed by atoms with Gasteiger partial charge in [-0.15, -0.1) is 5.10 Å². The predicted octanol–water partition coefficient (Wildman–Crippen LogP) is 2.57. The molecular weight excluding hydrogens is 315 g/mol. The lowest BCUT2D eigenvalue weighted by molar-refractivity contribution is 0.327. The highest BCUT2D eigenvalue weighted by molar-refractivity contribution is 7.85. The second-order valence-electron chi connectivity index (χ2n) is 4.59. The van der Waals surface area contributed by atoms with Gasteiger partial charge in [-0.3, -0.25) is 0 Å². The lowest BCUT2D eigenvalue weighted by atomic mass is 10.0. The first-order valence-electron chi connectivity index (χ1n) is 6.22. The molecule has 0 bridgehead atoms. The summed E-state index contributed by atoms with van der Waals surface area (Å²) in [7, 11) is -1.64. The number of nitrogens with zero attached hydrogens (tertiary/aromatic N) is 4. The first kappa shape index (κ1) is 14.2. The number of hydrogen-bond acceptors (Lipinski definition) is 4. The number of fused-ring (bicyclic) bond motifs is 1. The smallest absolute Gasteiger partial charge is 0.240 e. The van der Waals surface area contributed by atoms with E-state index < -0.39 is 17.0 Å². The summed E-state index contributed by atoms with van der Waals surface area (Å²) in [4.78, 5) is 3.98. The van der Waals surface area contributed by atoms with Crippen molar-refractivity contribution in [3.63, 3.8) is 0 Å². The molecule has 0 spiro atoms. The summed E-state index contributed by atoms with van der Waals surface area (Å²) in [6.45, 7) is 0. The number of alkyl halides is 1. The van der Waals surface area contributed by atoms with Gasteiger partial charge in [-0.2, -0.15) is 5.26 Å². The minimum atomic E-state index is -1.64. The van der Waals surface area contributed by atoms with E-state index in [1.54, 1.807) is 18.2 Å². The van der Waals surface area contributed by atoms with Crippen molar-refractivity contribution >= 4 is 22.4 Å². The van der Waals surface area contributed by atoms with Crippen molar-refractivity contribution in [1.29, 1.82) is 5.26 Å². The molecule has 2 heterocycles. The minimum Gasteiger partial charge on any atom is -0.250 e. The molecule has 0 saturated carbocycles. The van der Waals surface area contributed by atoms with Crippen molar-refractivity contribution in [1.82, 2.24) is 14.8 Å². The lowest BCUT2D eigenvalue weighted by Crippen LogP contribution is -2.09. The molecule has 1 aliphatic rings. The van der Waals surface area contributed by atoms with E-state index in [9.17, 15) is 8.60 Å². The summed E-state index contributed by atoms with van der Waals surface area (Å²) in [6, 6.07) is 8.57. The third-order valence-corrected chi connectivity index (χ3v) is 4.62. The van der Waals surface area contributed by atoms with E-state index in [1.807, 2.05) is 12.1 Å². The van der Waals surface area contributed by atoms with Crippen LogP contribution in [0.4, 0.5) is 4.39 Å². The highest BCUT2D eigenvalue weighted by Gasteiger charge is 2.36. The van der Waals surface area contributed by atoms with Crippen LogP contribution in [-0.2, 0) is 10.8 Å². The summed E-state index contributed by atoms with van der Waals surface area (Å²) in [6.07, 6.45) is -1.09. The van der Waals surface area contributed by atoms with Crippen LogP contribution in [0.25, 0.3) is 0 Å². The fourth-order valence-electron chi connectivity index (χ4n) is 2.38. The van der Waals surface area contributed by atoms with Crippen LogP contribution in [0.3, 0.4) is 0 Å². The summed E-state index contributed by atoms with van der Waals surface area (Å²) in [5.74, 6) is -0.0711. The maximum Gasteiger partial charge on any atom is 0.240 e. The Balaban J connectivity index is 2.02. The first-order chi connectivity index (χ1) is 10.1. The van der Waals surface area contributed by atoms with Gasteiger partial charge in [0, 0.05) is 11.4 Å². The molecular formula is C13H10ClFN4OS. The van der Waals surface area contributed by atoms with E-state index in [4.69, 9.17) is 16.9 Å². The number of aromatic nitrogens is 3. The second kappa shape index (κ2) is 5.54. The van der Waals surface area contributed by atoms with Crippen molar-refractivity contribution in [3.8, 4) is 6.07 Å². The van der Waals surface area contributed by atoms with Gasteiger partial charge in [0.25, 0.3) is 0 Å². The molecule has 0 amide bonds. The number of halogens is 2. The molecule has 1 aliphatic heterocycles. The Kier molecular flexibility index (Phi) is 3.74. The van der Waals surface area contributed by atoms with Gasteiger partial charge in [-0.1, -0.05) is 29.8 Å². The predicted molar refractivity (Wildman–Crippen MR) is 75.0 cm³/mol. The molecule has 0 saturated heterocycles. The van der Waals surface area contributed by atoms with Crippen LogP contribution < -0.4 is 0 Å². The third kappa shape index (κ3) is 2.45. The van der Waals surface area contributed by atoms with E-state index in [1.165, 1.54) is 4.68 Å². The highest BCUT2D eigenvalue weighted by Crippen LogP contribution is 2.41. The molecule has 3 atom stereocenters. The van der Waals surface area contributed by atoms with Crippen LogP contribution in [0.15, 0.2) is 29.4 Å². The second-order valence-corrected chi connectivity index (χ2v) is 6.34. The molecule has 8 heteroatoms. The average molecular weight is 325 g/mol. The van der Waals surface area contributed by atoms with Crippen molar-refractivity contribution in [2.24, 2.45) is 0 Å². The Hall–Kier alpha value is -1.78. The van der Waals surface area contributed by atoms with E-state index in [2.05, 4.69) is 10.1 Å². The maximum atomic E-state index is 14.1. The van der Waals surface area contributed by atoms with E-state index in [0.717, 1.165) is 5.56 Å². The van der Waals surface area contributed by atoms with E-state index >= 15 is 0 Å². The maximum absolute atomic E-state index is 14.1. The molecule has 1 aromatic carbocycles. The molecule has 0 N–H and O–H groups in total. The summed E-state index contributed by atoms with van der Waals surface area (Å²) in [5, 5.41) is 13.2. The van der Waals surface area contributed by atoms with Gasteiger partial charge in [0.05, 0.1) is 12.1 Å². The van der Waals surface area contributed by atoms with E-state index in [0.29, 0.717) is 5.02 Å². The van der Waals surface area contributed by atoms with Crippen LogP contribution in [0.2, 0.25) is 5.02 Å². The summed E-state index contributed by atoms with van der Waals surface area (Å²) in [5.41, 5.74) is 0.753. The van der Waals surface area contributed by atoms with Gasteiger partial charge in [0.15, 0.2) is 12.0 Å². The Morgan fingerprint density at radius 2 is 2.29 bits per heavy atom. The molecule has 21 heavy (non-hydrogen) atoms. The van der Waals surface area contributed by atoms with Gasteiger partial charge in [-0.05, 0) is 11.6 Å². The molecule has 0 radical (unpaired) electrons. The lowest BCUT2D eigenvalue weighted by Gasteiger charge is -2.13. The zero-order valence-corrected chi connectivity index (χ0v) is 12.3. The van der Waals surface area contributed by atoms with Gasteiger partial charge >= 0.3 is 0 Å². The van der Waals surface area contributed by atoms with Gasteiger partial charge < -0.3 is 0 Å². The van der Waals surface area contributed by atoms with Crippen LogP contribution in [-0.4, -0.2) is 24.7 Å². The Morgan fingerprint density at radius 3 is 3.00 bits per heavy atom. The highest BCUT2D eigenvalue weighted by atomic mass is 35.5. The molecule has 0 aliphatic carbocycles. The number of nitriles is 1. The Bertz CT molecular complexity index is 757. The van der Waals surface area contributed by atoms with Crippen molar-refractivity contribution < 1.29 is 8.60 Å². The Morgan fingerprint density at radius 1 is 1.52 bits per heavy atom. The largest absolute Gasteiger partial charge is 0.250 e. The molecule has 1 unspecified atom stereocenters. The molecule has 0 fully saturated rings. The number of benzene rings is 1. The molecule has 3 rings (SSSR count).